The van der Waals surface area contributed by atoms with E-state index < -0.39 is 0 Å². The molecular formula is C21H19N5O2. The zero-order chi connectivity index (χ0) is 19.7. The maximum atomic E-state index is 12.8. The Morgan fingerprint density at radius 2 is 1.68 bits per heavy atom. The van der Waals surface area contributed by atoms with Crippen molar-refractivity contribution < 1.29 is 9.32 Å². The van der Waals surface area contributed by atoms with E-state index in [-0.39, 0.29) is 12.5 Å². The van der Waals surface area contributed by atoms with Crippen molar-refractivity contribution >= 4 is 16.9 Å². The monoisotopic (exact) mass is 373 g/mol. The van der Waals surface area contributed by atoms with Crippen LogP contribution in [0.2, 0.25) is 0 Å². The largest absolute Gasteiger partial charge is 0.337 e. The normalized spacial score (nSPS) is 11.0. The van der Waals surface area contributed by atoms with Gasteiger partial charge in [0, 0.05) is 18.2 Å². The van der Waals surface area contributed by atoms with Crippen molar-refractivity contribution in [3.63, 3.8) is 0 Å². The molecular weight excluding hydrogens is 354 g/mol. The van der Waals surface area contributed by atoms with Gasteiger partial charge in [0.05, 0.1) is 29.0 Å². The molecule has 4 aromatic rings. The number of benzene rings is 2. The average Bonchev–Trinajstić information content (AvgIpc) is 3.17. The quantitative estimate of drug-likeness (QED) is 0.544. The van der Waals surface area contributed by atoms with Crippen molar-refractivity contribution in [2.24, 2.45) is 0 Å². The van der Waals surface area contributed by atoms with Crippen molar-refractivity contribution in [3.8, 4) is 11.4 Å². The molecule has 28 heavy (non-hydrogen) atoms. The highest BCUT2D eigenvalue weighted by atomic mass is 16.5. The lowest BCUT2D eigenvalue weighted by atomic mass is 10.1. The number of amides is 1. The summed E-state index contributed by atoms with van der Waals surface area (Å²) in [6.07, 6.45) is 0. The first-order valence-electron chi connectivity index (χ1n) is 8.90. The number of carbonyl (C=O) groups is 1. The average molecular weight is 373 g/mol. The lowest BCUT2D eigenvalue weighted by Gasteiger charge is -2.15. The SMILES string of the molecule is Cc1nc2ccc(C(=O)N(C)Cc3nc(-c4ccccc4)no3)cc2nc1C. The van der Waals surface area contributed by atoms with E-state index in [0.717, 1.165) is 22.5 Å². The Bertz CT molecular complexity index is 1150. The van der Waals surface area contributed by atoms with Crippen LogP contribution in [0.25, 0.3) is 22.4 Å². The van der Waals surface area contributed by atoms with E-state index in [9.17, 15) is 4.79 Å². The summed E-state index contributed by atoms with van der Waals surface area (Å²) >= 11 is 0. The zero-order valence-corrected chi connectivity index (χ0v) is 15.9. The van der Waals surface area contributed by atoms with Crippen LogP contribution >= 0.6 is 0 Å². The summed E-state index contributed by atoms with van der Waals surface area (Å²) in [6, 6.07) is 14.9. The Hall–Kier alpha value is -3.61. The van der Waals surface area contributed by atoms with Crippen LogP contribution in [-0.4, -0.2) is 38.0 Å². The summed E-state index contributed by atoms with van der Waals surface area (Å²) in [6.45, 7) is 4.04. The molecule has 0 aliphatic heterocycles. The lowest BCUT2D eigenvalue weighted by Crippen LogP contribution is -2.26. The fraction of sp³-hybridized carbons (Fsp3) is 0.190. The number of rotatable bonds is 4. The molecule has 140 valence electrons. The van der Waals surface area contributed by atoms with Gasteiger partial charge in [0.2, 0.25) is 11.7 Å². The summed E-state index contributed by atoms with van der Waals surface area (Å²) in [5.74, 6) is 0.728. The molecule has 0 saturated heterocycles. The van der Waals surface area contributed by atoms with E-state index in [1.807, 2.05) is 50.2 Å². The highest BCUT2D eigenvalue weighted by molar-refractivity contribution is 5.97. The predicted molar refractivity (Wildman–Crippen MR) is 105 cm³/mol. The second kappa shape index (κ2) is 7.19. The Balaban J connectivity index is 1.53. The number of hydrogen-bond acceptors (Lipinski definition) is 6. The molecule has 2 heterocycles. The van der Waals surface area contributed by atoms with Crippen LogP contribution in [0.1, 0.15) is 27.6 Å². The van der Waals surface area contributed by atoms with Gasteiger partial charge in [-0.15, -0.1) is 0 Å². The van der Waals surface area contributed by atoms with Gasteiger partial charge < -0.3 is 9.42 Å². The molecule has 0 fully saturated rings. The zero-order valence-electron chi connectivity index (χ0n) is 15.9. The molecule has 7 nitrogen and oxygen atoms in total. The number of aromatic nitrogens is 4. The Morgan fingerprint density at radius 3 is 2.43 bits per heavy atom. The van der Waals surface area contributed by atoms with E-state index in [1.165, 1.54) is 4.90 Å². The van der Waals surface area contributed by atoms with Gasteiger partial charge in [-0.25, -0.2) is 9.97 Å². The first-order valence-corrected chi connectivity index (χ1v) is 8.90. The number of carbonyl (C=O) groups excluding carboxylic acids is 1. The smallest absolute Gasteiger partial charge is 0.254 e. The maximum Gasteiger partial charge on any atom is 0.254 e. The van der Waals surface area contributed by atoms with Crippen molar-refractivity contribution in [1.82, 2.24) is 25.0 Å². The number of fused-ring (bicyclic) bond motifs is 1. The molecule has 0 atom stereocenters. The summed E-state index contributed by atoms with van der Waals surface area (Å²) < 4.78 is 5.30. The third-order valence-corrected chi connectivity index (χ3v) is 4.54. The Labute approximate surface area is 162 Å². The minimum atomic E-state index is -0.151. The van der Waals surface area contributed by atoms with Gasteiger partial charge in [-0.2, -0.15) is 4.98 Å². The van der Waals surface area contributed by atoms with Crippen molar-refractivity contribution in [3.05, 3.63) is 71.4 Å². The summed E-state index contributed by atoms with van der Waals surface area (Å²) in [7, 11) is 1.70. The van der Waals surface area contributed by atoms with Crippen LogP contribution in [-0.2, 0) is 6.54 Å². The van der Waals surface area contributed by atoms with E-state index >= 15 is 0 Å². The third-order valence-electron chi connectivity index (χ3n) is 4.54. The molecule has 0 unspecified atom stereocenters. The van der Waals surface area contributed by atoms with Crippen LogP contribution in [0.4, 0.5) is 0 Å². The highest BCUT2D eigenvalue weighted by Crippen LogP contribution is 2.18. The number of hydrogen-bond donors (Lipinski definition) is 0. The predicted octanol–water partition coefficient (Wildman–Crippen LogP) is 3.57. The van der Waals surface area contributed by atoms with Crippen LogP contribution in [0.5, 0.6) is 0 Å². The molecule has 7 heteroatoms. The molecule has 0 aliphatic rings. The Kier molecular flexibility index (Phi) is 4.57. The maximum absolute atomic E-state index is 12.8. The molecule has 2 aromatic heterocycles. The van der Waals surface area contributed by atoms with Gasteiger partial charge in [-0.05, 0) is 32.0 Å². The molecule has 0 bridgehead atoms. The van der Waals surface area contributed by atoms with E-state index in [2.05, 4.69) is 20.1 Å². The van der Waals surface area contributed by atoms with Crippen LogP contribution < -0.4 is 0 Å². The van der Waals surface area contributed by atoms with Crippen LogP contribution in [0.15, 0.2) is 53.1 Å². The van der Waals surface area contributed by atoms with E-state index in [4.69, 9.17) is 4.52 Å². The number of nitrogens with zero attached hydrogens (tertiary/aromatic N) is 5. The fourth-order valence-electron chi connectivity index (χ4n) is 2.88. The molecule has 2 aromatic carbocycles. The van der Waals surface area contributed by atoms with Crippen molar-refractivity contribution in [2.45, 2.75) is 20.4 Å². The second-order valence-corrected chi connectivity index (χ2v) is 6.64. The van der Waals surface area contributed by atoms with Gasteiger partial charge in [0.15, 0.2) is 0 Å². The van der Waals surface area contributed by atoms with Crippen molar-refractivity contribution in [1.29, 1.82) is 0 Å². The fourth-order valence-corrected chi connectivity index (χ4v) is 2.88. The molecule has 0 spiro atoms. The minimum Gasteiger partial charge on any atom is -0.337 e. The van der Waals surface area contributed by atoms with E-state index in [0.29, 0.717) is 22.8 Å². The van der Waals surface area contributed by atoms with Crippen LogP contribution in [0, 0.1) is 13.8 Å². The van der Waals surface area contributed by atoms with Gasteiger partial charge in [0.25, 0.3) is 5.91 Å². The van der Waals surface area contributed by atoms with Gasteiger partial charge in [0.1, 0.15) is 0 Å². The van der Waals surface area contributed by atoms with Crippen molar-refractivity contribution in [2.75, 3.05) is 7.05 Å². The summed E-state index contributed by atoms with van der Waals surface area (Å²) in [5.41, 5.74) is 4.61. The Morgan fingerprint density at radius 1 is 0.964 bits per heavy atom. The second-order valence-electron chi connectivity index (χ2n) is 6.64. The first-order chi connectivity index (χ1) is 13.5. The minimum absolute atomic E-state index is 0.151. The molecule has 0 saturated carbocycles. The van der Waals surface area contributed by atoms with Gasteiger partial charge in [-0.3, -0.25) is 4.79 Å². The summed E-state index contributed by atoms with van der Waals surface area (Å²) in [4.78, 5) is 27.7. The van der Waals surface area contributed by atoms with Gasteiger partial charge in [-0.1, -0.05) is 35.5 Å². The molecule has 4 rings (SSSR count). The molecule has 0 aliphatic carbocycles. The molecule has 0 N–H and O–H groups in total. The highest BCUT2D eigenvalue weighted by Gasteiger charge is 2.17. The standard InChI is InChI=1S/C21H19N5O2/c1-13-14(2)23-18-11-16(9-10-17(18)22-13)21(27)26(3)12-19-24-20(25-28-19)15-7-5-4-6-8-15/h4-11H,12H2,1-3H3. The van der Waals surface area contributed by atoms with Crippen LogP contribution in [0.3, 0.4) is 0 Å². The molecule has 1 amide bonds. The van der Waals surface area contributed by atoms with Gasteiger partial charge >= 0.3 is 0 Å². The first kappa shape index (κ1) is 17.8. The lowest BCUT2D eigenvalue weighted by molar-refractivity contribution is 0.0769. The van der Waals surface area contributed by atoms with E-state index in [1.54, 1.807) is 19.2 Å². The number of aryl methyl sites for hydroxylation is 2. The topological polar surface area (TPSA) is 85.0 Å². The third kappa shape index (κ3) is 3.46. The summed E-state index contributed by atoms with van der Waals surface area (Å²) in [5, 5.41) is 3.99. The molecule has 0 radical (unpaired) electrons.